The topological polar surface area (TPSA) is 35.8 Å². The van der Waals surface area contributed by atoms with Crippen LogP contribution in [-0.4, -0.2) is 17.0 Å². The van der Waals surface area contributed by atoms with Gasteiger partial charge in [0.2, 0.25) is 0 Å². The Morgan fingerprint density at radius 3 is 3.00 bits per heavy atom. The van der Waals surface area contributed by atoms with E-state index in [1.165, 1.54) is 37.1 Å². The van der Waals surface area contributed by atoms with Gasteiger partial charge in [-0.1, -0.05) is 6.92 Å². The van der Waals surface area contributed by atoms with Gasteiger partial charge in [0.1, 0.15) is 5.82 Å². The van der Waals surface area contributed by atoms with Gasteiger partial charge < -0.3 is 5.32 Å². The van der Waals surface area contributed by atoms with E-state index in [1.807, 2.05) is 17.8 Å². The van der Waals surface area contributed by atoms with Crippen LogP contribution in [0.3, 0.4) is 0 Å². The van der Waals surface area contributed by atoms with Crippen LogP contribution in [0, 0.1) is 17.1 Å². The molecule has 2 unspecified atom stereocenters. The Balaban J connectivity index is 1.86. The maximum atomic E-state index is 13.3. The Morgan fingerprint density at radius 1 is 1.42 bits per heavy atom. The van der Waals surface area contributed by atoms with Crippen molar-refractivity contribution in [2.45, 2.75) is 44.0 Å². The summed E-state index contributed by atoms with van der Waals surface area (Å²) in [4.78, 5) is 0. The standard InChI is InChI=1S/C15H19FN2S/c1-2-19-15-4-3-14(8-15)18-10-12-5-11(9-17)6-13(16)7-12/h5-7,14-15,18H,2-4,8,10H2,1H3. The molecular weight excluding hydrogens is 259 g/mol. The summed E-state index contributed by atoms with van der Waals surface area (Å²) in [5.41, 5.74) is 1.24. The molecule has 1 aliphatic rings. The normalized spacial score (nSPS) is 22.4. The van der Waals surface area contributed by atoms with Crippen LogP contribution in [0.5, 0.6) is 0 Å². The van der Waals surface area contributed by atoms with Crippen molar-refractivity contribution in [2.24, 2.45) is 0 Å². The summed E-state index contributed by atoms with van der Waals surface area (Å²) in [6, 6.07) is 7.04. The molecular formula is C15H19FN2S. The average Bonchev–Trinajstić information content (AvgIpc) is 2.84. The van der Waals surface area contributed by atoms with Crippen molar-refractivity contribution in [2.75, 3.05) is 5.75 Å². The number of halogens is 1. The molecule has 0 heterocycles. The number of rotatable bonds is 5. The summed E-state index contributed by atoms with van der Waals surface area (Å²) in [5.74, 6) is 0.842. The van der Waals surface area contributed by atoms with E-state index in [0.717, 1.165) is 10.8 Å². The lowest BCUT2D eigenvalue weighted by molar-refractivity contribution is 0.523. The van der Waals surface area contributed by atoms with Crippen molar-refractivity contribution < 1.29 is 4.39 Å². The van der Waals surface area contributed by atoms with Crippen LogP contribution in [0.1, 0.15) is 37.3 Å². The third-order valence-corrected chi connectivity index (χ3v) is 4.70. The fourth-order valence-corrected chi connectivity index (χ4v) is 3.73. The number of thioether (sulfide) groups is 1. The third kappa shape index (κ3) is 4.22. The van der Waals surface area contributed by atoms with E-state index in [1.54, 1.807) is 6.07 Å². The molecule has 2 rings (SSSR count). The Labute approximate surface area is 118 Å². The smallest absolute Gasteiger partial charge is 0.124 e. The lowest BCUT2D eigenvalue weighted by Crippen LogP contribution is -2.26. The van der Waals surface area contributed by atoms with Gasteiger partial charge >= 0.3 is 0 Å². The van der Waals surface area contributed by atoms with Gasteiger partial charge in [0.05, 0.1) is 11.6 Å². The van der Waals surface area contributed by atoms with Gasteiger partial charge in [0.25, 0.3) is 0 Å². The first kappa shape index (κ1) is 14.4. The molecule has 0 radical (unpaired) electrons. The molecule has 0 aromatic heterocycles. The minimum Gasteiger partial charge on any atom is -0.310 e. The molecule has 0 bridgehead atoms. The van der Waals surface area contributed by atoms with Gasteiger partial charge in [-0.3, -0.25) is 0 Å². The van der Waals surface area contributed by atoms with Gasteiger partial charge in [-0.05, 0) is 48.8 Å². The molecule has 4 heteroatoms. The molecule has 2 nitrogen and oxygen atoms in total. The molecule has 0 spiro atoms. The fourth-order valence-electron chi connectivity index (χ4n) is 2.59. The van der Waals surface area contributed by atoms with Crippen molar-refractivity contribution in [3.63, 3.8) is 0 Å². The summed E-state index contributed by atoms with van der Waals surface area (Å²) < 4.78 is 13.3. The zero-order chi connectivity index (χ0) is 13.7. The second-order valence-corrected chi connectivity index (χ2v) is 6.51. The molecule has 1 aromatic carbocycles. The van der Waals surface area contributed by atoms with Gasteiger partial charge in [-0.15, -0.1) is 0 Å². The van der Waals surface area contributed by atoms with Crippen LogP contribution in [0.25, 0.3) is 0 Å². The summed E-state index contributed by atoms with van der Waals surface area (Å²) >= 11 is 2.03. The Bertz CT molecular complexity index is 470. The van der Waals surface area contributed by atoms with E-state index >= 15 is 0 Å². The first-order chi connectivity index (χ1) is 9.21. The molecule has 19 heavy (non-hydrogen) atoms. The van der Waals surface area contributed by atoms with Crippen LogP contribution >= 0.6 is 11.8 Å². The van der Waals surface area contributed by atoms with Crippen molar-refractivity contribution in [3.05, 3.63) is 35.1 Å². The van der Waals surface area contributed by atoms with Gasteiger partial charge in [0, 0.05) is 17.8 Å². The zero-order valence-electron chi connectivity index (χ0n) is 11.2. The van der Waals surface area contributed by atoms with Crippen LogP contribution in [0.15, 0.2) is 18.2 Å². The Kier molecular flexibility index (Phi) is 5.24. The van der Waals surface area contributed by atoms with Gasteiger partial charge in [-0.25, -0.2) is 4.39 Å². The summed E-state index contributed by atoms with van der Waals surface area (Å²) in [7, 11) is 0. The van der Waals surface area contributed by atoms with Gasteiger partial charge in [0.15, 0.2) is 0 Å². The van der Waals surface area contributed by atoms with E-state index in [9.17, 15) is 4.39 Å². The van der Waals surface area contributed by atoms with Crippen LogP contribution in [0.2, 0.25) is 0 Å². The number of nitriles is 1. The average molecular weight is 278 g/mol. The summed E-state index contributed by atoms with van der Waals surface area (Å²) in [5, 5.41) is 13.1. The highest BCUT2D eigenvalue weighted by molar-refractivity contribution is 7.99. The molecule has 1 aromatic rings. The predicted octanol–water partition coefficient (Wildman–Crippen LogP) is 3.46. The summed E-state index contributed by atoms with van der Waals surface area (Å²) in [6.45, 7) is 2.84. The van der Waals surface area contributed by atoms with Crippen LogP contribution < -0.4 is 5.32 Å². The fraction of sp³-hybridized carbons (Fsp3) is 0.533. The molecule has 1 aliphatic carbocycles. The van der Waals surface area contributed by atoms with Gasteiger partial charge in [-0.2, -0.15) is 17.0 Å². The number of hydrogen-bond donors (Lipinski definition) is 1. The monoisotopic (exact) mass is 278 g/mol. The first-order valence-corrected chi connectivity index (χ1v) is 7.80. The van der Waals surface area contributed by atoms with E-state index in [-0.39, 0.29) is 5.82 Å². The molecule has 0 aliphatic heterocycles. The number of hydrogen-bond acceptors (Lipinski definition) is 3. The van der Waals surface area contributed by atoms with E-state index in [2.05, 4.69) is 12.2 Å². The van der Waals surface area contributed by atoms with Crippen molar-refractivity contribution in [3.8, 4) is 6.07 Å². The minimum absolute atomic E-state index is 0.332. The lowest BCUT2D eigenvalue weighted by atomic mass is 10.1. The maximum absolute atomic E-state index is 13.3. The van der Waals surface area contributed by atoms with Crippen LogP contribution in [-0.2, 0) is 6.54 Å². The van der Waals surface area contributed by atoms with Crippen molar-refractivity contribution in [1.29, 1.82) is 5.26 Å². The van der Waals surface area contributed by atoms with Crippen molar-refractivity contribution in [1.82, 2.24) is 5.32 Å². The third-order valence-electron chi connectivity index (χ3n) is 3.47. The highest BCUT2D eigenvalue weighted by Crippen LogP contribution is 2.29. The molecule has 102 valence electrons. The van der Waals surface area contributed by atoms with E-state index in [4.69, 9.17) is 5.26 Å². The van der Waals surface area contributed by atoms with Crippen molar-refractivity contribution >= 4 is 11.8 Å². The van der Waals surface area contributed by atoms with E-state index in [0.29, 0.717) is 18.2 Å². The minimum atomic E-state index is -0.332. The molecule has 1 saturated carbocycles. The predicted molar refractivity (Wildman–Crippen MR) is 77.5 cm³/mol. The lowest BCUT2D eigenvalue weighted by Gasteiger charge is -2.13. The van der Waals surface area contributed by atoms with Crippen LogP contribution in [0.4, 0.5) is 4.39 Å². The highest BCUT2D eigenvalue weighted by Gasteiger charge is 2.23. The Hall–Kier alpha value is -1.05. The second-order valence-electron chi connectivity index (χ2n) is 4.93. The van der Waals surface area contributed by atoms with E-state index < -0.39 is 0 Å². The zero-order valence-corrected chi connectivity index (χ0v) is 12.0. The Morgan fingerprint density at radius 2 is 2.26 bits per heavy atom. The maximum Gasteiger partial charge on any atom is 0.124 e. The summed E-state index contributed by atoms with van der Waals surface area (Å²) in [6.07, 6.45) is 3.65. The quantitative estimate of drug-likeness (QED) is 0.896. The molecule has 1 fully saturated rings. The number of benzene rings is 1. The second kappa shape index (κ2) is 6.93. The molecule has 1 N–H and O–H groups in total. The molecule has 2 atom stereocenters. The number of nitrogens with one attached hydrogen (secondary N) is 1. The number of nitrogens with zero attached hydrogens (tertiary/aromatic N) is 1. The first-order valence-electron chi connectivity index (χ1n) is 6.75. The SMILES string of the molecule is CCSC1CCC(NCc2cc(F)cc(C#N)c2)C1. The molecule has 0 saturated heterocycles. The molecule has 0 amide bonds. The highest BCUT2D eigenvalue weighted by atomic mass is 32.2. The largest absolute Gasteiger partial charge is 0.310 e.